The van der Waals surface area contributed by atoms with Gasteiger partial charge in [0.1, 0.15) is 5.92 Å². The standard InChI is InChI=1S/C14H15NO/c1-9-3-5-11(6-4-9)13(8-15)14(16)12-7-10(12)2/h3-6,10,12-13H,7H2,1-2H3. The number of rotatable bonds is 3. The van der Waals surface area contributed by atoms with E-state index in [1.54, 1.807) is 0 Å². The van der Waals surface area contributed by atoms with Gasteiger partial charge in [0.05, 0.1) is 6.07 Å². The number of ketones is 1. The van der Waals surface area contributed by atoms with Crippen molar-refractivity contribution in [1.82, 2.24) is 0 Å². The lowest BCUT2D eigenvalue weighted by Crippen LogP contribution is -2.13. The van der Waals surface area contributed by atoms with Crippen molar-refractivity contribution in [2.75, 3.05) is 0 Å². The molecule has 0 radical (unpaired) electrons. The molecule has 1 aliphatic carbocycles. The first kappa shape index (κ1) is 10.9. The Morgan fingerprint density at radius 1 is 1.44 bits per heavy atom. The number of nitriles is 1. The SMILES string of the molecule is Cc1ccc(C(C#N)C(=O)C2CC2C)cc1. The lowest BCUT2D eigenvalue weighted by atomic mass is 9.92. The molecule has 3 unspecified atom stereocenters. The van der Waals surface area contributed by atoms with Crippen LogP contribution >= 0.6 is 0 Å². The largest absolute Gasteiger partial charge is 0.298 e. The number of hydrogen-bond donors (Lipinski definition) is 0. The minimum absolute atomic E-state index is 0.0962. The van der Waals surface area contributed by atoms with Crippen LogP contribution in [0.25, 0.3) is 0 Å². The van der Waals surface area contributed by atoms with Crippen molar-refractivity contribution in [3.8, 4) is 6.07 Å². The molecule has 2 rings (SSSR count). The van der Waals surface area contributed by atoms with Crippen molar-refractivity contribution in [2.45, 2.75) is 26.2 Å². The van der Waals surface area contributed by atoms with E-state index in [4.69, 9.17) is 5.26 Å². The number of aryl methyl sites for hydroxylation is 1. The van der Waals surface area contributed by atoms with Crippen LogP contribution in [-0.4, -0.2) is 5.78 Å². The second-order valence-electron chi connectivity index (χ2n) is 4.69. The molecule has 1 aromatic rings. The number of carbonyl (C=O) groups is 1. The molecule has 1 aliphatic rings. The molecule has 1 saturated carbocycles. The van der Waals surface area contributed by atoms with E-state index in [-0.39, 0.29) is 11.7 Å². The Kier molecular flexibility index (Phi) is 2.78. The summed E-state index contributed by atoms with van der Waals surface area (Å²) in [7, 11) is 0. The monoisotopic (exact) mass is 213 g/mol. The van der Waals surface area contributed by atoms with Crippen molar-refractivity contribution in [1.29, 1.82) is 5.26 Å². The Morgan fingerprint density at radius 2 is 2.00 bits per heavy atom. The minimum atomic E-state index is -0.574. The van der Waals surface area contributed by atoms with Crippen LogP contribution < -0.4 is 0 Å². The van der Waals surface area contributed by atoms with E-state index in [1.807, 2.05) is 31.2 Å². The average molecular weight is 213 g/mol. The average Bonchev–Trinajstić information content (AvgIpc) is 2.99. The van der Waals surface area contributed by atoms with Crippen LogP contribution in [0.2, 0.25) is 0 Å². The van der Waals surface area contributed by atoms with Gasteiger partial charge in [-0.3, -0.25) is 4.79 Å². The number of nitrogens with zero attached hydrogens (tertiary/aromatic N) is 1. The molecule has 2 heteroatoms. The van der Waals surface area contributed by atoms with Crippen LogP contribution in [0.3, 0.4) is 0 Å². The van der Waals surface area contributed by atoms with Crippen molar-refractivity contribution in [3.05, 3.63) is 35.4 Å². The van der Waals surface area contributed by atoms with Gasteiger partial charge in [-0.05, 0) is 24.8 Å². The first-order valence-corrected chi connectivity index (χ1v) is 5.63. The molecule has 0 saturated heterocycles. The van der Waals surface area contributed by atoms with Crippen LogP contribution in [0.4, 0.5) is 0 Å². The summed E-state index contributed by atoms with van der Waals surface area (Å²) < 4.78 is 0. The summed E-state index contributed by atoms with van der Waals surface area (Å²) in [5, 5.41) is 9.11. The normalized spacial score (nSPS) is 24.6. The van der Waals surface area contributed by atoms with Crippen LogP contribution in [0.1, 0.15) is 30.4 Å². The van der Waals surface area contributed by atoms with Gasteiger partial charge in [0, 0.05) is 5.92 Å². The van der Waals surface area contributed by atoms with E-state index in [1.165, 1.54) is 0 Å². The molecule has 0 amide bonds. The summed E-state index contributed by atoms with van der Waals surface area (Å²) in [4.78, 5) is 12.0. The van der Waals surface area contributed by atoms with E-state index in [0.29, 0.717) is 5.92 Å². The van der Waals surface area contributed by atoms with Gasteiger partial charge in [-0.25, -0.2) is 0 Å². The third-order valence-corrected chi connectivity index (χ3v) is 3.30. The van der Waals surface area contributed by atoms with Crippen molar-refractivity contribution < 1.29 is 4.79 Å². The van der Waals surface area contributed by atoms with Crippen LogP contribution in [0.5, 0.6) is 0 Å². The zero-order valence-electron chi connectivity index (χ0n) is 9.60. The maximum atomic E-state index is 12.0. The maximum Gasteiger partial charge on any atom is 0.157 e. The van der Waals surface area contributed by atoms with Gasteiger partial charge in [0.15, 0.2) is 5.78 Å². The summed E-state index contributed by atoms with van der Waals surface area (Å²) in [6.07, 6.45) is 0.947. The maximum absolute atomic E-state index is 12.0. The van der Waals surface area contributed by atoms with Crippen molar-refractivity contribution in [3.63, 3.8) is 0 Å². The van der Waals surface area contributed by atoms with E-state index in [2.05, 4.69) is 13.0 Å². The third-order valence-electron chi connectivity index (χ3n) is 3.30. The Hall–Kier alpha value is -1.62. The van der Waals surface area contributed by atoms with Crippen LogP contribution in [0.15, 0.2) is 24.3 Å². The highest BCUT2D eigenvalue weighted by Gasteiger charge is 2.42. The number of carbonyl (C=O) groups excluding carboxylic acids is 1. The molecular weight excluding hydrogens is 198 g/mol. The fourth-order valence-corrected chi connectivity index (χ4v) is 1.99. The summed E-state index contributed by atoms with van der Waals surface area (Å²) in [5.74, 6) is 0.106. The fraction of sp³-hybridized carbons (Fsp3) is 0.429. The first-order valence-electron chi connectivity index (χ1n) is 5.63. The summed E-state index contributed by atoms with van der Waals surface area (Å²) in [5.41, 5.74) is 1.98. The summed E-state index contributed by atoms with van der Waals surface area (Å²) in [6, 6.07) is 9.79. The zero-order valence-corrected chi connectivity index (χ0v) is 9.60. The van der Waals surface area contributed by atoms with Crippen LogP contribution in [0, 0.1) is 30.1 Å². The Morgan fingerprint density at radius 3 is 2.44 bits per heavy atom. The van der Waals surface area contributed by atoms with E-state index < -0.39 is 5.92 Å². The Balaban J connectivity index is 2.20. The molecule has 3 atom stereocenters. The quantitative estimate of drug-likeness (QED) is 0.774. The van der Waals surface area contributed by atoms with Gasteiger partial charge in [-0.1, -0.05) is 36.8 Å². The Bertz CT molecular complexity index is 441. The number of hydrogen-bond acceptors (Lipinski definition) is 2. The van der Waals surface area contributed by atoms with E-state index >= 15 is 0 Å². The molecule has 2 nitrogen and oxygen atoms in total. The lowest BCUT2D eigenvalue weighted by Gasteiger charge is -2.08. The van der Waals surface area contributed by atoms with Gasteiger partial charge < -0.3 is 0 Å². The van der Waals surface area contributed by atoms with E-state index in [9.17, 15) is 4.79 Å². The number of Topliss-reactive ketones (excluding diaryl/α,β-unsaturated/α-hetero) is 1. The molecule has 0 spiro atoms. The molecule has 0 aromatic heterocycles. The topological polar surface area (TPSA) is 40.9 Å². The summed E-state index contributed by atoms with van der Waals surface area (Å²) in [6.45, 7) is 4.06. The van der Waals surface area contributed by atoms with Crippen molar-refractivity contribution in [2.24, 2.45) is 11.8 Å². The highest BCUT2D eigenvalue weighted by atomic mass is 16.1. The van der Waals surface area contributed by atoms with Gasteiger partial charge >= 0.3 is 0 Å². The fourth-order valence-electron chi connectivity index (χ4n) is 1.99. The van der Waals surface area contributed by atoms with E-state index in [0.717, 1.165) is 17.5 Å². The zero-order chi connectivity index (χ0) is 11.7. The van der Waals surface area contributed by atoms with Gasteiger partial charge in [-0.15, -0.1) is 0 Å². The molecule has 0 N–H and O–H groups in total. The van der Waals surface area contributed by atoms with Crippen LogP contribution in [-0.2, 0) is 4.79 Å². The first-order chi connectivity index (χ1) is 7.63. The number of benzene rings is 1. The molecule has 82 valence electrons. The van der Waals surface area contributed by atoms with Gasteiger partial charge in [0.25, 0.3) is 0 Å². The molecule has 16 heavy (non-hydrogen) atoms. The van der Waals surface area contributed by atoms with Gasteiger partial charge in [0.2, 0.25) is 0 Å². The molecule has 1 fully saturated rings. The molecule has 0 bridgehead atoms. The summed E-state index contributed by atoms with van der Waals surface area (Å²) >= 11 is 0. The minimum Gasteiger partial charge on any atom is -0.298 e. The third kappa shape index (κ3) is 1.99. The Labute approximate surface area is 95.9 Å². The van der Waals surface area contributed by atoms with Gasteiger partial charge in [-0.2, -0.15) is 5.26 Å². The molecular formula is C14H15NO. The highest BCUT2D eigenvalue weighted by molar-refractivity contribution is 5.92. The highest BCUT2D eigenvalue weighted by Crippen LogP contribution is 2.41. The molecule has 1 aromatic carbocycles. The predicted molar refractivity (Wildman–Crippen MR) is 61.8 cm³/mol. The van der Waals surface area contributed by atoms with Crippen molar-refractivity contribution >= 4 is 5.78 Å². The second-order valence-corrected chi connectivity index (χ2v) is 4.69. The lowest BCUT2D eigenvalue weighted by molar-refractivity contribution is -0.120. The molecule has 0 aliphatic heterocycles. The smallest absolute Gasteiger partial charge is 0.157 e. The second kappa shape index (κ2) is 4.09. The molecule has 0 heterocycles. The predicted octanol–water partition coefficient (Wildman–Crippen LogP) is 2.83.